The van der Waals surface area contributed by atoms with Crippen LogP contribution in [0.2, 0.25) is 0 Å². The van der Waals surface area contributed by atoms with Crippen LogP contribution in [-0.4, -0.2) is 25.0 Å². The van der Waals surface area contributed by atoms with Gasteiger partial charge in [-0.1, -0.05) is 41.5 Å². The Kier molecular flexibility index (Phi) is 5.83. The van der Waals surface area contributed by atoms with Gasteiger partial charge in [-0.3, -0.25) is 4.79 Å². The second-order valence-electron chi connectivity index (χ2n) is 9.95. The molecule has 3 aromatic rings. The molecule has 2 heterocycles. The van der Waals surface area contributed by atoms with Gasteiger partial charge in [0.25, 0.3) is 0 Å². The number of benzene rings is 1. The van der Waals surface area contributed by atoms with E-state index in [4.69, 9.17) is 13.9 Å². The third-order valence-electron chi connectivity index (χ3n) is 5.36. The first-order chi connectivity index (χ1) is 14.4. The molecule has 0 radical (unpaired) electrons. The van der Waals surface area contributed by atoms with Crippen LogP contribution in [0.25, 0.3) is 28.3 Å². The van der Waals surface area contributed by atoms with E-state index in [1.165, 1.54) is 0 Å². The molecule has 5 nitrogen and oxygen atoms in total. The number of aromatic amines is 1. The summed E-state index contributed by atoms with van der Waals surface area (Å²) in [5.41, 5.74) is 2.79. The number of carbonyl (C=O) groups is 1. The average Bonchev–Trinajstić information content (AvgIpc) is 3.29. The highest BCUT2D eigenvalue weighted by molar-refractivity contribution is 6.07. The lowest BCUT2D eigenvalue weighted by atomic mass is 9.90. The SMILES string of the molecule is COc1cc(C)c(OC)c2c(-c3ccc(C(C)(C)C)o3)c(/C=C/C(=O)C(C)(C)C)[nH]c12. The van der Waals surface area contributed by atoms with Gasteiger partial charge in [0.05, 0.1) is 36.4 Å². The average molecular weight is 424 g/mol. The van der Waals surface area contributed by atoms with E-state index >= 15 is 0 Å². The number of rotatable bonds is 5. The standard InChI is InChI=1S/C26H33NO4/c1-15-14-18(29-8)23-22(24(15)30-9)21(17-11-13-20(31-17)26(5,6)7)16(27-23)10-12-19(28)25(2,3)4/h10-14,27H,1-9H3/b12-10+. The fourth-order valence-electron chi connectivity index (χ4n) is 3.55. The topological polar surface area (TPSA) is 64.5 Å². The molecule has 0 fully saturated rings. The van der Waals surface area contributed by atoms with Gasteiger partial charge in [-0.25, -0.2) is 0 Å². The summed E-state index contributed by atoms with van der Waals surface area (Å²) in [6, 6.07) is 5.92. The lowest BCUT2D eigenvalue weighted by Crippen LogP contribution is -2.17. The number of methoxy groups -OCH3 is 2. The summed E-state index contributed by atoms with van der Waals surface area (Å²) in [4.78, 5) is 16.0. The van der Waals surface area contributed by atoms with Crippen LogP contribution in [0.4, 0.5) is 0 Å². The molecule has 1 aromatic carbocycles. The summed E-state index contributed by atoms with van der Waals surface area (Å²) < 4.78 is 17.7. The largest absolute Gasteiger partial charge is 0.496 e. The molecule has 0 aliphatic rings. The summed E-state index contributed by atoms with van der Waals surface area (Å²) in [6.07, 6.45) is 3.43. The lowest BCUT2D eigenvalue weighted by Gasteiger charge is -2.14. The van der Waals surface area contributed by atoms with Crippen LogP contribution in [0.3, 0.4) is 0 Å². The van der Waals surface area contributed by atoms with Gasteiger partial charge in [0.1, 0.15) is 23.0 Å². The third-order valence-corrected chi connectivity index (χ3v) is 5.36. The maximum Gasteiger partial charge on any atom is 0.161 e. The summed E-state index contributed by atoms with van der Waals surface area (Å²) in [6.45, 7) is 14.0. The molecule has 0 aliphatic carbocycles. The quantitative estimate of drug-likeness (QED) is 0.465. The van der Waals surface area contributed by atoms with E-state index in [1.807, 2.05) is 52.0 Å². The molecule has 0 aliphatic heterocycles. The number of ketones is 1. The zero-order valence-corrected chi connectivity index (χ0v) is 20.0. The summed E-state index contributed by atoms with van der Waals surface area (Å²) >= 11 is 0. The Morgan fingerprint density at radius 2 is 1.74 bits per heavy atom. The van der Waals surface area contributed by atoms with Gasteiger partial charge in [0, 0.05) is 10.8 Å². The molecular formula is C26H33NO4. The van der Waals surface area contributed by atoms with Crippen LogP contribution in [0.1, 0.15) is 58.6 Å². The van der Waals surface area contributed by atoms with E-state index < -0.39 is 5.41 Å². The van der Waals surface area contributed by atoms with E-state index in [9.17, 15) is 4.79 Å². The lowest BCUT2D eigenvalue weighted by molar-refractivity contribution is -0.121. The van der Waals surface area contributed by atoms with Crippen molar-refractivity contribution in [1.29, 1.82) is 0 Å². The Bertz CT molecular complexity index is 1150. The highest BCUT2D eigenvalue weighted by Crippen LogP contribution is 2.45. The Morgan fingerprint density at radius 3 is 2.26 bits per heavy atom. The van der Waals surface area contributed by atoms with Crippen LogP contribution in [0.5, 0.6) is 11.5 Å². The molecule has 166 valence electrons. The minimum absolute atomic E-state index is 0.0436. The van der Waals surface area contributed by atoms with Crippen molar-refractivity contribution in [2.24, 2.45) is 5.41 Å². The number of allylic oxidation sites excluding steroid dienone is 1. The predicted octanol–water partition coefficient (Wildman–Crippen LogP) is 6.68. The van der Waals surface area contributed by atoms with Gasteiger partial charge in [0.2, 0.25) is 0 Å². The first-order valence-electron chi connectivity index (χ1n) is 10.5. The van der Waals surface area contributed by atoms with Crippen LogP contribution < -0.4 is 9.47 Å². The number of nitrogens with one attached hydrogen (secondary N) is 1. The third kappa shape index (κ3) is 4.27. The molecule has 0 amide bonds. The monoisotopic (exact) mass is 423 g/mol. The number of ether oxygens (including phenoxy) is 2. The van der Waals surface area contributed by atoms with Crippen molar-refractivity contribution in [1.82, 2.24) is 4.98 Å². The Balaban J connectivity index is 2.35. The zero-order valence-electron chi connectivity index (χ0n) is 20.0. The number of hydrogen-bond donors (Lipinski definition) is 1. The number of hydrogen-bond acceptors (Lipinski definition) is 4. The van der Waals surface area contributed by atoms with E-state index in [1.54, 1.807) is 20.3 Å². The van der Waals surface area contributed by atoms with Crippen LogP contribution in [0, 0.1) is 12.3 Å². The van der Waals surface area contributed by atoms with Crippen LogP contribution in [0.15, 0.2) is 28.7 Å². The highest BCUT2D eigenvalue weighted by Gasteiger charge is 2.26. The van der Waals surface area contributed by atoms with Gasteiger partial charge in [-0.05, 0) is 42.8 Å². The molecule has 5 heteroatoms. The van der Waals surface area contributed by atoms with Crippen molar-refractivity contribution in [3.05, 3.63) is 41.3 Å². The van der Waals surface area contributed by atoms with E-state index in [-0.39, 0.29) is 11.2 Å². The molecule has 0 saturated carbocycles. The van der Waals surface area contributed by atoms with Crippen molar-refractivity contribution in [2.75, 3.05) is 14.2 Å². The van der Waals surface area contributed by atoms with Crippen molar-refractivity contribution >= 4 is 22.8 Å². The second kappa shape index (κ2) is 7.95. The van der Waals surface area contributed by atoms with Crippen LogP contribution in [-0.2, 0) is 10.2 Å². The normalized spacial score (nSPS) is 12.7. The van der Waals surface area contributed by atoms with Crippen LogP contribution >= 0.6 is 0 Å². The molecule has 0 bridgehead atoms. The molecular weight excluding hydrogens is 390 g/mol. The molecule has 0 unspecified atom stereocenters. The number of carbonyl (C=O) groups excluding carboxylic acids is 1. The smallest absolute Gasteiger partial charge is 0.161 e. The van der Waals surface area contributed by atoms with E-state index in [2.05, 4.69) is 25.8 Å². The Labute approximate surface area is 184 Å². The van der Waals surface area contributed by atoms with E-state index in [0.717, 1.165) is 39.2 Å². The molecule has 0 spiro atoms. The maximum atomic E-state index is 12.6. The first kappa shape index (κ1) is 22.7. The molecule has 1 N–H and O–H groups in total. The highest BCUT2D eigenvalue weighted by atomic mass is 16.5. The second-order valence-corrected chi connectivity index (χ2v) is 9.95. The molecule has 3 rings (SSSR count). The first-order valence-corrected chi connectivity index (χ1v) is 10.5. The maximum absolute atomic E-state index is 12.6. The predicted molar refractivity (Wildman–Crippen MR) is 126 cm³/mol. The number of furan rings is 1. The van der Waals surface area contributed by atoms with Crippen molar-refractivity contribution < 1.29 is 18.7 Å². The molecule has 2 aromatic heterocycles. The fraction of sp³-hybridized carbons (Fsp3) is 0.423. The summed E-state index contributed by atoms with van der Waals surface area (Å²) in [5, 5.41) is 0.872. The zero-order chi connectivity index (χ0) is 23.1. The Hall–Kier alpha value is -2.95. The van der Waals surface area contributed by atoms with Gasteiger partial charge in [-0.15, -0.1) is 0 Å². The molecule has 0 atom stereocenters. The number of aryl methyl sites for hydroxylation is 1. The van der Waals surface area contributed by atoms with E-state index in [0.29, 0.717) is 11.5 Å². The summed E-state index contributed by atoms with van der Waals surface area (Å²) in [7, 11) is 3.30. The Morgan fingerprint density at radius 1 is 1.06 bits per heavy atom. The molecule has 0 saturated heterocycles. The van der Waals surface area contributed by atoms with Gasteiger partial charge >= 0.3 is 0 Å². The van der Waals surface area contributed by atoms with Gasteiger partial charge in [0.15, 0.2) is 5.78 Å². The number of aromatic nitrogens is 1. The number of H-pyrrole nitrogens is 1. The van der Waals surface area contributed by atoms with Crippen molar-refractivity contribution in [3.63, 3.8) is 0 Å². The van der Waals surface area contributed by atoms with Crippen molar-refractivity contribution in [2.45, 2.75) is 53.9 Å². The van der Waals surface area contributed by atoms with Gasteiger partial charge in [-0.2, -0.15) is 0 Å². The summed E-state index contributed by atoms with van der Waals surface area (Å²) in [5.74, 6) is 3.10. The minimum atomic E-state index is -0.460. The number of fused-ring (bicyclic) bond motifs is 1. The molecule has 31 heavy (non-hydrogen) atoms. The fourth-order valence-corrected chi connectivity index (χ4v) is 3.55. The van der Waals surface area contributed by atoms with Gasteiger partial charge < -0.3 is 18.9 Å². The van der Waals surface area contributed by atoms with Crippen molar-refractivity contribution in [3.8, 4) is 22.8 Å². The minimum Gasteiger partial charge on any atom is -0.496 e.